The average Bonchev–Trinajstić information content (AvgIpc) is 2.84. The first-order chi connectivity index (χ1) is 15.6. The quantitative estimate of drug-likeness (QED) is 0.473. The molecule has 1 N–H and O–H groups in total. The molecule has 8 heteroatoms. The maximum atomic E-state index is 12.9. The van der Waals surface area contributed by atoms with Crippen LogP contribution in [0.1, 0.15) is 10.5 Å². The minimum Gasteiger partial charge on any atom is -0.497 e. The number of carbonyl (C=O) groups excluding carboxylic acids is 2. The Kier molecular flexibility index (Phi) is 5.94. The number of rotatable bonds is 6. The smallest absolute Gasteiger partial charge is 0.359 e. The predicted octanol–water partition coefficient (Wildman–Crippen LogP) is 3.19. The van der Waals surface area contributed by atoms with E-state index >= 15 is 0 Å². The standard InChI is InChI=1S/C24H19N3O5/c1-31-18-13-11-16(12-14-18)25-21(28)15-32-24(30)22-19-9-5-6-10-20(19)23(29)27(26-22)17-7-3-2-4-8-17/h2-14H,15H2,1H3,(H,25,28). The molecule has 0 fully saturated rings. The maximum absolute atomic E-state index is 12.9. The lowest BCUT2D eigenvalue weighted by Crippen LogP contribution is -2.26. The molecule has 0 aliphatic heterocycles. The van der Waals surface area contributed by atoms with Crippen molar-refractivity contribution in [3.8, 4) is 11.4 Å². The summed E-state index contributed by atoms with van der Waals surface area (Å²) in [7, 11) is 1.55. The summed E-state index contributed by atoms with van der Waals surface area (Å²) in [6, 6.07) is 22.1. The number of hydrogen-bond acceptors (Lipinski definition) is 6. The van der Waals surface area contributed by atoms with Crippen LogP contribution in [-0.2, 0) is 9.53 Å². The van der Waals surface area contributed by atoms with Crippen LogP contribution in [0.4, 0.5) is 5.69 Å². The van der Waals surface area contributed by atoms with E-state index in [2.05, 4.69) is 10.4 Å². The van der Waals surface area contributed by atoms with Gasteiger partial charge in [0.05, 0.1) is 18.2 Å². The highest BCUT2D eigenvalue weighted by Gasteiger charge is 2.19. The highest BCUT2D eigenvalue weighted by Crippen LogP contribution is 2.17. The fourth-order valence-corrected chi connectivity index (χ4v) is 3.16. The minimum absolute atomic E-state index is 0.0544. The Morgan fingerprint density at radius 3 is 2.25 bits per heavy atom. The van der Waals surface area contributed by atoms with Crippen LogP contribution in [0.15, 0.2) is 83.7 Å². The van der Waals surface area contributed by atoms with Crippen LogP contribution in [0.5, 0.6) is 5.75 Å². The second-order valence-electron chi connectivity index (χ2n) is 6.80. The van der Waals surface area contributed by atoms with Crippen LogP contribution in [0.3, 0.4) is 0 Å². The van der Waals surface area contributed by atoms with Gasteiger partial charge < -0.3 is 14.8 Å². The molecular formula is C24H19N3O5. The number of para-hydroxylation sites is 1. The second-order valence-corrected chi connectivity index (χ2v) is 6.80. The van der Waals surface area contributed by atoms with Gasteiger partial charge in [0.2, 0.25) is 0 Å². The minimum atomic E-state index is -0.809. The van der Waals surface area contributed by atoms with Gasteiger partial charge in [0.15, 0.2) is 12.3 Å². The van der Waals surface area contributed by atoms with Gasteiger partial charge in [0, 0.05) is 11.1 Å². The number of nitrogens with zero attached hydrogens (tertiary/aromatic N) is 2. The number of methoxy groups -OCH3 is 1. The summed E-state index contributed by atoms with van der Waals surface area (Å²) < 4.78 is 11.4. The molecule has 0 spiro atoms. The predicted molar refractivity (Wildman–Crippen MR) is 119 cm³/mol. The Bertz CT molecular complexity index is 1330. The van der Waals surface area contributed by atoms with Gasteiger partial charge in [-0.15, -0.1) is 0 Å². The highest BCUT2D eigenvalue weighted by atomic mass is 16.5. The number of fused-ring (bicyclic) bond motifs is 1. The maximum Gasteiger partial charge on any atom is 0.359 e. The van der Waals surface area contributed by atoms with Crippen molar-refractivity contribution >= 4 is 28.3 Å². The van der Waals surface area contributed by atoms with Crippen LogP contribution in [-0.4, -0.2) is 35.4 Å². The second kappa shape index (κ2) is 9.13. The number of nitrogens with one attached hydrogen (secondary N) is 1. The van der Waals surface area contributed by atoms with E-state index in [1.54, 1.807) is 79.9 Å². The van der Waals surface area contributed by atoms with Gasteiger partial charge in [-0.3, -0.25) is 9.59 Å². The summed E-state index contributed by atoms with van der Waals surface area (Å²) in [5.41, 5.74) is 0.629. The zero-order valence-electron chi connectivity index (χ0n) is 17.1. The summed E-state index contributed by atoms with van der Waals surface area (Å²) in [5.74, 6) is -0.666. The number of esters is 1. The normalized spacial score (nSPS) is 10.5. The van der Waals surface area contributed by atoms with Gasteiger partial charge in [-0.25, -0.2) is 4.79 Å². The molecule has 1 heterocycles. The van der Waals surface area contributed by atoms with Gasteiger partial charge in [0.1, 0.15) is 5.75 Å². The third-order valence-corrected chi connectivity index (χ3v) is 4.71. The summed E-state index contributed by atoms with van der Waals surface area (Å²) >= 11 is 0. The Morgan fingerprint density at radius 2 is 1.56 bits per heavy atom. The molecule has 0 unspecified atom stereocenters. The molecular weight excluding hydrogens is 410 g/mol. The average molecular weight is 429 g/mol. The van der Waals surface area contributed by atoms with Crippen molar-refractivity contribution in [2.75, 3.05) is 19.0 Å². The first-order valence-electron chi connectivity index (χ1n) is 9.75. The molecule has 8 nitrogen and oxygen atoms in total. The molecule has 160 valence electrons. The summed E-state index contributed by atoms with van der Waals surface area (Å²) in [6.07, 6.45) is 0. The van der Waals surface area contributed by atoms with Gasteiger partial charge in [-0.1, -0.05) is 36.4 Å². The van der Waals surface area contributed by atoms with Crippen molar-refractivity contribution in [3.63, 3.8) is 0 Å². The largest absolute Gasteiger partial charge is 0.497 e. The number of anilines is 1. The van der Waals surface area contributed by atoms with Crippen molar-refractivity contribution in [2.24, 2.45) is 0 Å². The van der Waals surface area contributed by atoms with Crippen molar-refractivity contribution in [3.05, 3.63) is 94.9 Å². The number of benzene rings is 3. The Hall–Kier alpha value is -4.46. The molecule has 0 atom stereocenters. The van der Waals surface area contributed by atoms with Crippen LogP contribution in [0.25, 0.3) is 16.5 Å². The third kappa shape index (κ3) is 4.34. The third-order valence-electron chi connectivity index (χ3n) is 4.71. The van der Waals surface area contributed by atoms with Gasteiger partial charge in [-0.2, -0.15) is 9.78 Å². The SMILES string of the molecule is COc1ccc(NC(=O)COC(=O)c2nn(-c3ccccc3)c(=O)c3ccccc23)cc1. The van der Waals surface area contributed by atoms with E-state index in [1.165, 1.54) is 0 Å². The summed E-state index contributed by atoms with van der Waals surface area (Å²) in [5, 5.41) is 7.54. The van der Waals surface area contributed by atoms with Crippen molar-refractivity contribution < 1.29 is 19.1 Å². The van der Waals surface area contributed by atoms with E-state index in [9.17, 15) is 14.4 Å². The molecule has 0 aliphatic rings. The Balaban J connectivity index is 1.57. The monoisotopic (exact) mass is 429 g/mol. The molecule has 0 saturated carbocycles. The van der Waals surface area contributed by atoms with E-state index in [4.69, 9.17) is 9.47 Å². The van der Waals surface area contributed by atoms with Crippen LogP contribution in [0, 0.1) is 0 Å². The zero-order chi connectivity index (χ0) is 22.5. The highest BCUT2D eigenvalue weighted by molar-refractivity contribution is 6.03. The molecule has 4 rings (SSSR count). The van der Waals surface area contributed by atoms with E-state index in [-0.39, 0.29) is 11.3 Å². The number of ether oxygens (including phenoxy) is 2. The molecule has 0 radical (unpaired) electrons. The van der Waals surface area contributed by atoms with Gasteiger partial charge >= 0.3 is 5.97 Å². The molecule has 1 amide bonds. The molecule has 0 aliphatic carbocycles. The first kappa shape index (κ1) is 20.8. The van der Waals surface area contributed by atoms with Crippen molar-refractivity contribution in [2.45, 2.75) is 0 Å². The molecule has 0 saturated heterocycles. The van der Waals surface area contributed by atoms with E-state index in [0.29, 0.717) is 27.9 Å². The number of hydrogen-bond donors (Lipinski definition) is 1. The Morgan fingerprint density at radius 1 is 0.906 bits per heavy atom. The summed E-state index contributed by atoms with van der Waals surface area (Å²) in [4.78, 5) is 37.9. The first-order valence-corrected chi connectivity index (χ1v) is 9.75. The molecule has 32 heavy (non-hydrogen) atoms. The van der Waals surface area contributed by atoms with Crippen LogP contribution in [0.2, 0.25) is 0 Å². The van der Waals surface area contributed by atoms with E-state index in [0.717, 1.165) is 4.68 Å². The molecule has 0 bridgehead atoms. The van der Waals surface area contributed by atoms with E-state index in [1.807, 2.05) is 6.07 Å². The topological polar surface area (TPSA) is 99.5 Å². The summed E-state index contributed by atoms with van der Waals surface area (Å²) in [6.45, 7) is -0.509. The number of amides is 1. The van der Waals surface area contributed by atoms with Gasteiger partial charge in [-0.05, 0) is 42.5 Å². The molecule has 4 aromatic rings. The van der Waals surface area contributed by atoms with Crippen molar-refractivity contribution in [1.29, 1.82) is 0 Å². The molecule has 1 aromatic heterocycles. The van der Waals surface area contributed by atoms with Crippen molar-refractivity contribution in [1.82, 2.24) is 9.78 Å². The Labute approximate surface area is 183 Å². The number of aromatic nitrogens is 2. The zero-order valence-corrected chi connectivity index (χ0v) is 17.1. The van der Waals surface area contributed by atoms with Gasteiger partial charge in [0.25, 0.3) is 11.5 Å². The number of carbonyl (C=O) groups is 2. The fraction of sp³-hybridized carbons (Fsp3) is 0.0833. The molecule has 3 aromatic carbocycles. The lowest BCUT2D eigenvalue weighted by molar-refractivity contribution is -0.119. The van der Waals surface area contributed by atoms with Crippen LogP contribution < -0.4 is 15.6 Å². The lowest BCUT2D eigenvalue weighted by atomic mass is 10.1. The lowest BCUT2D eigenvalue weighted by Gasteiger charge is -2.11. The van der Waals surface area contributed by atoms with E-state index < -0.39 is 18.5 Å². The fourth-order valence-electron chi connectivity index (χ4n) is 3.16. The van der Waals surface area contributed by atoms with Crippen LogP contribution >= 0.6 is 0 Å².